The molecule has 1 rings (SSSR count). The van der Waals surface area contributed by atoms with E-state index in [1.54, 1.807) is 19.1 Å². The lowest BCUT2D eigenvalue weighted by molar-refractivity contribution is 0.0519. The molecule has 0 radical (unpaired) electrons. The summed E-state index contributed by atoms with van der Waals surface area (Å²) >= 11 is 0. The highest BCUT2D eigenvalue weighted by molar-refractivity contribution is 5.87. The van der Waals surface area contributed by atoms with E-state index in [-0.39, 0.29) is 5.97 Å². The van der Waals surface area contributed by atoms with Crippen LogP contribution in [-0.4, -0.2) is 17.6 Å². The van der Waals surface area contributed by atoms with E-state index in [0.29, 0.717) is 12.3 Å². The normalized spacial score (nSPS) is 10.4. The number of rotatable bonds is 3. The zero-order valence-electron chi connectivity index (χ0n) is 8.36. The minimum absolute atomic E-state index is 0.349. The Morgan fingerprint density at radius 3 is 3.00 bits per heavy atom. The lowest BCUT2D eigenvalue weighted by atomic mass is 10.3. The molecule has 0 saturated carbocycles. The Kier molecular flexibility index (Phi) is 3.85. The van der Waals surface area contributed by atoms with Gasteiger partial charge in [0.05, 0.1) is 12.3 Å². The molecule has 0 aliphatic carbocycles. The van der Waals surface area contributed by atoms with Gasteiger partial charge in [0.15, 0.2) is 0 Å². The molecule has 0 bridgehead atoms. The van der Waals surface area contributed by atoms with Crippen molar-refractivity contribution < 1.29 is 9.53 Å². The fraction of sp³-hybridized carbons (Fsp3) is 0.273. The molecule has 0 fully saturated rings. The van der Waals surface area contributed by atoms with Crippen molar-refractivity contribution in [3.05, 3.63) is 35.7 Å². The highest BCUT2D eigenvalue weighted by atomic mass is 16.5. The molecule has 0 aliphatic rings. The highest BCUT2D eigenvalue weighted by Gasteiger charge is 2.06. The van der Waals surface area contributed by atoms with Gasteiger partial charge in [0.2, 0.25) is 0 Å². The molecule has 1 heterocycles. The van der Waals surface area contributed by atoms with Gasteiger partial charge in [0.25, 0.3) is 0 Å². The number of carbonyl (C=O) groups is 1. The third-order valence-corrected chi connectivity index (χ3v) is 1.59. The predicted octanol–water partition coefficient (Wildman–Crippen LogP) is 2.29. The van der Waals surface area contributed by atoms with E-state index in [1.165, 1.54) is 0 Å². The van der Waals surface area contributed by atoms with Gasteiger partial charge in [0, 0.05) is 0 Å². The molecule has 0 N–H and O–H groups in total. The van der Waals surface area contributed by atoms with Crippen molar-refractivity contribution in [2.24, 2.45) is 0 Å². The van der Waals surface area contributed by atoms with Gasteiger partial charge in [-0.05, 0) is 32.1 Å². The monoisotopic (exact) mass is 191 g/mol. The van der Waals surface area contributed by atoms with Crippen LogP contribution in [0.5, 0.6) is 0 Å². The number of nitrogens with zero attached hydrogens (tertiary/aromatic N) is 1. The number of aromatic nitrogens is 1. The molecule has 3 nitrogen and oxygen atoms in total. The number of carbonyl (C=O) groups excluding carboxylic acids is 1. The molecule has 1 aromatic heterocycles. The molecular weight excluding hydrogens is 178 g/mol. The maximum atomic E-state index is 11.3. The summed E-state index contributed by atoms with van der Waals surface area (Å²) in [6, 6.07) is 5.27. The minimum Gasteiger partial charge on any atom is -0.461 e. The lowest BCUT2D eigenvalue weighted by Crippen LogP contribution is -2.07. The van der Waals surface area contributed by atoms with Crippen LogP contribution in [0, 0.1) is 0 Å². The fourth-order valence-corrected chi connectivity index (χ4v) is 1.03. The first-order valence-electron chi connectivity index (χ1n) is 4.54. The first-order valence-corrected chi connectivity index (χ1v) is 4.54. The predicted molar refractivity (Wildman–Crippen MR) is 54.9 cm³/mol. The van der Waals surface area contributed by atoms with Crippen LogP contribution in [0.4, 0.5) is 0 Å². The van der Waals surface area contributed by atoms with Gasteiger partial charge in [-0.1, -0.05) is 12.1 Å². The fourth-order valence-electron chi connectivity index (χ4n) is 1.03. The van der Waals surface area contributed by atoms with E-state index < -0.39 is 0 Å². The molecule has 0 unspecified atom stereocenters. The zero-order valence-corrected chi connectivity index (χ0v) is 8.36. The van der Waals surface area contributed by atoms with E-state index in [9.17, 15) is 4.79 Å². The van der Waals surface area contributed by atoms with Crippen LogP contribution in [-0.2, 0) is 4.74 Å². The molecule has 1 aromatic rings. The maximum Gasteiger partial charge on any atom is 0.356 e. The summed E-state index contributed by atoms with van der Waals surface area (Å²) in [7, 11) is 0. The Morgan fingerprint density at radius 2 is 2.36 bits per heavy atom. The Bertz CT molecular complexity index is 345. The maximum absolute atomic E-state index is 11.3. The van der Waals surface area contributed by atoms with Crippen LogP contribution in [0.1, 0.15) is 30.0 Å². The minimum atomic E-state index is -0.376. The van der Waals surface area contributed by atoms with E-state index in [0.717, 1.165) is 5.69 Å². The van der Waals surface area contributed by atoms with Crippen LogP contribution in [0.3, 0.4) is 0 Å². The number of hydrogen-bond donors (Lipinski definition) is 0. The van der Waals surface area contributed by atoms with Crippen molar-refractivity contribution in [2.75, 3.05) is 6.61 Å². The topological polar surface area (TPSA) is 39.2 Å². The molecular formula is C11H13NO2. The van der Waals surface area contributed by atoms with E-state index in [1.807, 2.05) is 25.1 Å². The van der Waals surface area contributed by atoms with E-state index in [2.05, 4.69) is 4.98 Å². The quantitative estimate of drug-likeness (QED) is 0.688. The van der Waals surface area contributed by atoms with Crippen molar-refractivity contribution in [3.63, 3.8) is 0 Å². The van der Waals surface area contributed by atoms with Crippen molar-refractivity contribution in [2.45, 2.75) is 13.8 Å². The summed E-state index contributed by atoms with van der Waals surface area (Å²) in [5.41, 5.74) is 1.11. The summed E-state index contributed by atoms with van der Waals surface area (Å²) < 4.78 is 4.84. The number of esters is 1. The average molecular weight is 191 g/mol. The van der Waals surface area contributed by atoms with Gasteiger partial charge < -0.3 is 4.74 Å². The second-order valence-electron chi connectivity index (χ2n) is 2.67. The third-order valence-electron chi connectivity index (χ3n) is 1.59. The van der Waals surface area contributed by atoms with Gasteiger partial charge in [-0.25, -0.2) is 9.78 Å². The number of ether oxygens (including phenoxy) is 1. The number of allylic oxidation sites excluding steroid dienone is 1. The summed E-state index contributed by atoms with van der Waals surface area (Å²) in [5, 5.41) is 0. The molecule has 14 heavy (non-hydrogen) atoms. The number of pyridine rings is 1. The van der Waals surface area contributed by atoms with Gasteiger partial charge >= 0.3 is 5.97 Å². The Morgan fingerprint density at radius 1 is 1.57 bits per heavy atom. The molecule has 74 valence electrons. The van der Waals surface area contributed by atoms with Crippen LogP contribution in [0.25, 0.3) is 6.08 Å². The molecule has 3 heteroatoms. The van der Waals surface area contributed by atoms with Crippen LogP contribution < -0.4 is 0 Å². The SMILES string of the molecule is C/C=C/c1cccc(C(=O)OCC)n1. The summed E-state index contributed by atoms with van der Waals surface area (Å²) in [6.45, 7) is 4.04. The zero-order chi connectivity index (χ0) is 10.4. The van der Waals surface area contributed by atoms with Crippen LogP contribution in [0.2, 0.25) is 0 Å². The molecule has 0 saturated heterocycles. The highest BCUT2D eigenvalue weighted by Crippen LogP contribution is 2.03. The summed E-state index contributed by atoms with van der Waals surface area (Å²) in [4.78, 5) is 15.4. The molecule has 0 spiro atoms. The Labute approximate surface area is 83.4 Å². The largest absolute Gasteiger partial charge is 0.461 e. The molecule has 0 aliphatic heterocycles. The molecule has 0 atom stereocenters. The van der Waals surface area contributed by atoms with Gasteiger partial charge in [-0.2, -0.15) is 0 Å². The smallest absolute Gasteiger partial charge is 0.356 e. The second-order valence-corrected chi connectivity index (χ2v) is 2.67. The van der Waals surface area contributed by atoms with E-state index in [4.69, 9.17) is 4.74 Å². The van der Waals surface area contributed by atoms with Crippen LogP contribution in [0.15, 0.2) is 24.3 Å². The van der Waals surface area contributed by atoms with E-state index >= 15 is 0 Å². The Balaban J connectivity index is 2.87. The first-order chi connectivity index (χ1) is 6.77. The first kappa shape index (κ1) is 10.4. The lowest BCUT2D eigenvalue weighted by Gasteiger charge is -2.01. The molecule has 0 amide bonds. The second kappa shape index (κ2) is 5.17. The van der Waals surface area contributed by atoms with Gasteiger partial charge in [-0.15, -0.1) is 0 Å². The van der Waals surface area contributed by atoms with Crippen molar-refractivity contribution in [3.8, 4) is 0 Å². The van der Waals surface area contributed by atoms with Crippen molar-refractivity contribution in [1.82, 2.24) is 4.98 Å². The molecule has 0 aromatic carbocycles. The standard InChI is InChI=1S/C11H13NO2/c1-3-6-9-7-5-8-10(12-9)11(13)14-4-2/h3,5-8H,4H2,1-2H3/b6-3+. The number of hydrogen-bond acceptors (Lipinski definition) is 3. The third kappa shape index (κ3) is 2.69. The van der Waals surface area contributed by atoms with Gasteiger partial charge in [0.1, 0.15) is 5.69 Å². The summed E-state index contributed by atoms with van der Waals surface area (Å²) in [5.74, 6) is -0.376. The van der Waals surface area contributed by atoms with Crippen LogP contribution >= 0.6 is 0 Å². The Hall–Kier alpha value is -1.64. The van der Waals surface area contributed by atoms with Crippen molar-refractivity contribution in [1.29, 1.82) is 0 Å². The van der Waals surface area contributed by atoms with Gasteiger partial charge in [-0.3, -0.25) is 0 Å². The average Bonchev–Trinajstić information content (AvgIpc) is 2.19. The summed E-state index contributed by atoms with van der Waals surface area (Å²) in [6.07, 6.45) is 3.71. The van der Waals surface area contributed by atoms with Crippen molar-refractivity contribution >= 4 is 12.0 Å².